The number of aromatic nitrogens is 4. The van der Waals surface area contributed by atoms with Crippen LogP contribution in [0.2, 0.25) is 0 Å². The fraction of sp³-hybridized carbons (Fsp3) is 0.556. The number of fused-ring (bicyclic) bond motifs is 1. The molecule has 3 aromatic rings. The Kier molecular flexibility index (Phi) is 9.33. The van der Waals surface area contributed by atoms with Gasteiger partial charge < -0.3 is 21.1 Å². The second-order valence-corrected chi connectivity index (χ2v) is 10.5. The average molecular weight is 564 g/mol. The number of alkyl halides is 3. The van der Waals surface area contributed by atoms with Crippen molar-refractivity contribution in [1.82, 2.24) is 19.1 Å². The molecule has 13 heteroatoms. The first kappa shape index (κ1) is 29.4. The summed E-state index contributed by atoms with van der Waals surface area (Å²) >= 11 is 0. The van der Waals surface area contributed by atoms with E-state index in [1.807, 2.05) is 22.8 Å². The molecule has 0 spiro atoms. The second-order valence-electron chi connectivity index (χ2n) is 10.5. The molecular weight excluding hydrogens is 527 g/mol. The number of carbonyl (C=O) groups is 1. The van der Waals surface area contributed by atoms with Crippen molar-refractivity contribution >= 4 is 29.0 Å². The van der Waals surface area contributed by atoms with Gasteiger partial charge in [-0.2, -0.15) is 23.1 Å². The number of imidazole rings is 1. The van der Waals surface area contributed by atoms with Crippen LogP contribution in [-0.2, 0) is 18.4 Å². The van der Waals surface area contributed by atoms with Crippen LogP contribution < -0.4 is 21.5 Å². The molecule has 5 rings (SSSR count). The number of nitrogens with two attached hydrogens (primary N) is 1. The maximum atomic E-state index is 13.6. The van der Waals surface area contributed by atoms with Crippen molar-refractivity contribution in [1.29, 1.82) is 0 Å². The lowest BCUT2D eigenvalue weighted by Crippen LogP contribution is -2.44. The zero-order chi connectivity index (χ0) is 28.9. The van der Waals surface area contributed by atoms with Gasteiger partial charge in [0.15, 0.2) is 11.2 Å². The van der Waals surface area contributed by atoms with Crippen molar-refractivity contribution < 1.29 is 23.1 Å². The van der Waals surface area contributed by atoms with Crippen LogP contribution in [0.5, 0.6) is 0 Å². The Morgan fingerprint density at radius 3 is 2.40 bits per heavy atom. The van der Waals surface area contributed by atoms with E-state index in [-0.39, 0.29) is 11.6 Å². The standard InChI is InChI=1S/C25H35N7O.C2HF3O2/c1-30-23(33)21-22(28-24(30)27-15-18-9-4-2-5-10-18)29-25(31-14-8-13-20(26)17-31)32(21)16-19-11-6-3-7-12-19;3-2(4,5)1(6)7/h3,6-7,11-12,18,20H,2,4-5,8-10,13-17,26H2,1H3,(H,27,28);(H,6,7). The Hall–Kier alpha value is -3.61. The van der Waals surface area contributed by atoms with Gasteiger partial charge in [-0.3, -0.25) is 13.9 Å². The summed E-state index contributed by atoms with van der Waals surface area (Å²) in [6, 6.07) is 10.3. The molecule has 2 fully saturated rings. The summed E-state index contributed by atoms with van der Waals surface area (Å²) in [4.78, 5) is 34.4. The molecule has 1 saturated carbocycles. The Morgan fingerprint density at radius 2 is 1.77 bits per heavy atom. The summed E-state index contributed by atoms with van der Waals surface area (Å²) in [6.07, 6.45) is 3.37. The highest BCUT2D eigenvalue weighted by Crippen LogP contribution is 2.26. The number of hydrogen-bond donors (Lipinski definition) is 3. The van der Waals surface area contributed by atoms with Crippen LogP contribution in [0.3, 0.4) is 0 Å². The number of rotatable bonds is 6. The first-order chi connectivity index (χ1) is 19.0. The van der Waals surface area contributed by atoms with Crippen LogP contribution in [0.15, 0.2) is 35.1 Å². The quantitative estimate of drug-likeness (QED) is 0.414. The van der Waals surface area contributed by atoms with E-state index in [0.29, 0.717) is 29.6 Å². The molecule has 2 aromatic heterocycles. The highest BCUT2D eigenvalue weighted by Gasteiger charge is 2.38. The number of piperidine rings is 1. The second kappa shape index (κ2) is 12.7. The molecule has 4 N–H and O–H groups in total. The molecule has 2 aliphatic rings. The Bertz CT molecular complexity index is 1350. The first-order valence-corrected chi connectivity index (χ1v) is 13.6. The van der Waals surface area contributed by atoms with Crippen molar-refractivity contribution in [2.75, 3.05) is 29.9 Å². The van der Waals surface area contributed by atoms with Gasteiger partial charge in [0, 0.05) is 32.7 Å². The number of benzene rings is 1. The lowest BCUT2D eigenvalue weighted by Gasteiger charge is -2.31. The van der Waals surface area contributed by atoms with E-state index in [9.17, 15) is 18.0 Å². The third kappa shape index (κ3) is 7.12. The summed E-state index contributed by atoms with van der Waals surface area (Å²) in [7, 11) is 1.80. The predicted octanol–water partition coefficient (Wildman–Crippen LogP) is 3.73. The molecule has 40 heavy (non-hydrogen) atoms. The van der Waals surface area contributed by atoms with Crippen LogP contribution >= 0.6 is 0 Å². The van der Waals surface area contributed by atoms with Gasteiger partial charge in [-0.1, -0.05) is 49.6 Å². The van der Waals surface area contributed by atoms with E-state index in [1.54, 1.807) is 11.6 Å². The lowest BCUT2D eigenvalue weighted by molar-refractivity contribution is -0.192. The average Bonchev–Trinajstić information content (AvgIpc) is 3.29. The normalized spacial score (nSPS) is 18.3. The van der Waals surface area contributed by atoms with Crippen LogP contribution in [0.4, 0.5) is 25.1 Å². The van der Waals surface area contributed by atoms with Crippen molar-refractivity contribution in [3.63, 3.8) is 0 Å². The van der Waals surface area contributed by atoms with Crippen molar-refractivity contribution in [3.8, 4) is 0 Å². The molecular formula is C27H36F3N7O3. The number of aliphatic carboxylic acids is 1. The van der Waals surface area contributed by atoms with Gasteiger partial charge in [0.25, 0.3) is 5.56 Å². The van der Waals surface area contributed by atoms with Crippen LogP contribution in [0.25, 0.3) is 11.2 Å². The van der Waals surface area contributed by atoms with E-state index >= 15 is 0 Å². The van der Waals surface area contributed by atoms with Gasteiger partial charge in [-0.15, -0.1) is 0 Å². The molecule has 1 aliphatic heterocycles. The number of hydrogen-bond acceptors (Lipinski definition) is 7. The smallest absolute Gasteiger partial charge is 0.475 e. The number of carboxylic acid groups (broad SMARTS) is 1. The zero-order valence-electron chi connectivity index (χ0n) is 22.5. The Labute approximate surface area is 230 Å². The zero-order valence-corrected chi connectivity index (χ0v) is 22.5. The molecule has 1 aromatic carbocycles. The maximum absolute atomic E-state index is 13.6. The van der Waals surface area contributed by atoms with E-state index in [4.69, 9.17) is 25.6 Å². The first-order valence-electron chi connectivity index (χ1n) is 13.6. The Balaban J connectivity index is 0.000000470. The van der Waals surface area contributed by atoms with Gasteiger partial charge in [0.2, 0.25) is 11.9 Å². The maximum Gasteiger partial charge on any atom is 0.490 e. The molecule has 0 bridgehead atoms. The molecule has 1 saturated heterocycles. The fourth-order valence-electron chi connectivity index (χ4n) is 5.28. The minimum atomic E-state index is -5.08. The van der Waals surface area contributed by atoms with Crippen LogP contribution in [0, 0.1) is 5.92 Å². The van der Waals surface area contributed by atoms with Gasteiger partial charge in [0.05, 0.1) is 6.54 Å². The molecule has 0 radical (unpaired) electrons. The van der Waals surface area contributed by atoms with Crippen LogP contribution in [0.1, 0.15) is 50.5 Å². The molecule has 10 nitrogen and oxygen atoms in total. The van der Waals surface area contributed by atoms with Crippen molar-refractivity contribution in [3.05, 3.63) is 46.2 Å². The molecule has 218 valence electrons. The van der Waals surface area contributed by atoms with Gasteiger partial charge in [-0.25, -0.2) is 4.79 Å². The molecule has 3 heterocycles. The number of halogens is 3. The SMILES string of the molecule is Cn1c(NCC2CCCCC2)nc2nc(N3CCCC(N)C3)n(Cc3ccccc3)c2c1=O.O=C(O)C(F)(F)F. The van der Waals surface area contributed by atoms with Crippen molar-refractivity contribution in [2.45, 2.75) is 63.7 Å². The third-order valence-corrected chi connectivity index (χ3v) is 7.41. The number of carboxylic acids is 1. The van der Waals surface area contributed by atoms with E-state index in [0.717, 1.165) is 44.0 Å². The largest absolute Gasteiger partial charge is 0.490 e. The Morgan fingerprint density at radius 1 is 1.10 bits per heavy atom. The van der Waals surface area contributed by atoms with E-state index in [1.165, 1.54) is 32.1 Å². The molecule has 0 amide bonds. The minimum Gasteiger partial charge on any atom is -0.475 e. The fourth-order valence-corrected chi connectivity index (χ4v) is 5.28. The summed E-state index contributed by atoms with van der Waals surface area (Å²) in [5.74, 6) is -0.720. The van der Waals surface area contributed by atoms with Crippen molar-refractivity contribution in [2.24, 2.45) is 18.7 Å². The van der Waals surface area contributed by atoms with E-state index in [2.05, 4.69) is 22.3 Å². The monoisotopic (exact) mass is 563 g/mol. The van der Waals surface area contributed by atoms with Gasteiger partial charge in [0.1, 0.15) is 0 Å². The summed E-state index contributed by atoms with van der Waals surface area (Å²) in [5.41, 5.74) is 8.40. The number of anilines is 2. The summed E-state index contributed by atoms with van der Waals surface area (Å²) in [6.45, 7) is 3.05. The highest BCUT2D eigenvalue weighted by atomic mass is 19.4. The van der Waals surface area contributed by atoms with Gasteiger partial charge in [-0.05, 0) is 37.2 Å². The number of nitrogens with one attached hydrogen (secondary N) is 1. The topological polar surface area (TPSA) is 131 Å². The van der Waals surface area contributed by atoms with E-state index < -0.39 is 12.1 Å². The van der Waals surface area contributed by atoms with Crippen LogP contribution in [-0.4, -0.2) is 62.0 Å². The molecule has 1 aliphatic carbocycles. The predicted molar refractivity (Wildman–Crippen MR) is 146 cm³/mol. The molecule has 1 unspecified atom stereocenters. The minimum absolute atomic E-state index is 0.0675. The lowest BCUT2D eigenvalue weighted by atomic mass is 9.89. The summed E-state index contributed by atoms with van der Waals surface area (Å²) < 4.78 is 35.4. The van der Waals surface area contributed by atoms with Gasteiger partial charge >= 0.3 is 12.1 Å². The highest BCUT2D eigenvalue weighted by molar-refractivity contribution is 5.76. The number of nitrogens with zero attached hydrogens (tertiary/aromatic N) is 5. The third-order valence-electron chi connectivity index (χ3n) is 7.41. The molecule has 1 atom stereocenters. The summed E-state index contributed by atoms with van der Waals surface area (Å²) in [5, 5.41) is 10.6.